The lowest BCUT2D eigenvalue weighted by atomic mass is 9.95. The molecule has 0 aliphatic rings. The molecule has 0 aliphatic heterocycles. The fourth-order valence-corrected chi connectivity index (χ4v) is 9.04. The van der Waals surface area contributed by atoms with E-state index in [2.05, 4.69) is 152 Å². The van der Waals surface area contributed by atoms with Gasteiger partial charge in [-0.2, -0.15) is 0 Å². The van der Waals surface area contributed by atoms with Crippen molar-refractivity contribution in [3.05, 3.63) is 188 Å². The zero-order valence-corrected chi connectivity index (χ0v) is 30.9. The number of hydrogen-bond acceptors (Lipinski definition) is 5. The molecular weight excluding hydrogens is 703 g/mol. The van der Waals surface area contributed by atoms with Crippen LogP contribution < -0.4 is 0 Å². The first kappa shape index (κ1) is 32.2. The Balaban J connectivity index is 1.08. The molecule has 0 amide bonds. The number of benzene rings is 8. The van der Waals surface area contributed by atoms with Crippen molar-refractivity contribution in [2.75, 3.05) is 0 Å². The first-order chi connectivity index (χ1) is 27.7. The molecule has 0 bridgehead atoms. The molecule has 11 rings (SSSR count). The average molecular weight is 734 g/mol. The minimum Gasteiger partial charge on any atom is -0.455 e. The van der Waals surface area contributed by atoms with Gasteiger partial charge in [-0.15, -0.1) is 11.3 Å². The van der Waals surface area contributed by atoms with Crippen molar-refractivity contribution in [2.45, 2.75) is 0 Å². The maximum Gasteiger partial charge on any atom is 0.165 e. The highest BCUT2D eigenvalue weighted by Crippen LogP contribution is 2.44. The van der Waals surface area contributed by atoms with Gasteiger partial charge in [0.25, 0.3) is 0 Å². The summed E-state index contributed by atoms with van der Waals surface area (Å²) in [6.07, 6.45) is 0. The van der Waals surface area contributed by atoms with Gasteiger partial charge in [-0.3, -0.25) is 0 Å². The zero-order chi connectivity index (χ0) is 37.0. The molecule has 4 nitrogen and oxygen atoms in total. The Hall–Kier alpha value is -7.21. The Morgan fingerprint density at radius 3 is 1.73 bits per heavy atom. The molecule has 0 aliphatic carbocycles. The average Bonchev–Trinajstić information content (AvgIpc) is 3.85. The lowest BCUT2D eigenvalue weighted by Crippen LogP contribution is -2.00. The maximum absolute atomic E-state index is 6.59. The highest BCUT2D eigenvalue weighted by molar-refractivity contribution is 7.26. The fourth-order valence-electron chi connectivity index (χ4n) is 7.79. The van der Waals surface area contributed by atoms with Crippen molar-refractivity contribution in [1.29, 1.82) is 0 Å². The second-order valence-corrected chi connectivity index (χ2v) is 15.0. The first-order valence-electron chi connectivity index (χ1n) is 18.7. The van der Waals surface area contributed by atoms with E-state index in [1.54, 1.807) is 11.3 Å². The maximum atomic E-state index is 6.59. The van der Waals surface area contributed by atoms with E-state index in [0.717, 1.165) is 71.1 Å². The van der Waals surface area contributed by atoms with Crippen LogP contribution in [0.25, 0.3) is 110 Å². The Morgan fingerprint density at radius 1 is 0.339 bits per heavy atom. The van der Waals surface area contributed by atoms with Crippen LogP contribution in [-0.2, 0) is 0 Å². The van der Waals surface area contributed by atoms with Crippen LogP contribution >= 0.6 is 11.3 Å². The van der Waals surface area contributed by atoms with Crippen LogP contribution in [0.4, 0.5) is 0 Å². The summed E-state index contributed by atoms with van der Waals surface area (Å²) in [5.74, 6) is 1.93. The van der Waals surface area contributed by atoms with E-state index >= 15 is 0 Å². The summed E-state index contributed by atoms with van der Waals surface area (Å²) in [7, 11) is 0. The Kier molecular flexibility index (Phi) is 7.64. The van der Waals surface area contributed by atoms with Crippen LogP contribution in [0.3, 0.4) is 0 Å². The van der Waals surface area contributed by atoms with Crippen molar-refractivity contribution in [2.24, 2.45) is 0 Å². The molecule has 5 heteroatoms. The summed E-state index contributed by atoms with van der Waals surface area (Å²) in [6.45, 7) is 0. The summed E-state index contributed by atoms with van der Waals surface area (Å²) in [5.41, 5.74) is 11.4. The number of furan rings is 1. The highest BCUT2D eigenvalue weighted by atomic mass is 32.1. The van der Waals surface area contributed by atoms with Crippen molar-refractivity contribution < 1.29 is 4.42 Å². The predicted molar refractivity (Wildman–Crippen MR) is 233 cm³/mol. The molecule has 0 unspecified atom stereocenters. The number of nitrogens with zero attached hydrogens (tertiary/aromatic N) is 3. The zero-order valence-electron chi connectivity index (χ0n) is 30.1. The minimum atomic E-state index is 0.639. The molecule has 0 atom stereocenters. The largest absolute Gasteiger partial charge is 0.455 e. The van der Waals surface area contributed by atoms with Crippen LogP contribution in [0, 0.1) is 0 Å². The summed E-state index contributed by atoms with van der Waals surface area (Å²) in [5, 5.41) is 4.61. The van der Waals surface area contributed by atoms with Gasteiger partial charge in [0.2, 0.25) is 0 Å². The molecule has 3 aromatic heterocycles. The normalized spacial score (nSPS) is 11.6. The van der Waals surface area contributed by atoms with E-state index in [0.29, 0.717) is 17.5 Å². The summed E-state index contributed by atoms with van der Waals surface area (Å²) in [4.78, 5) is 15.4. The van der Waals surface area contributed by atoms with Crippen LogP contribution in [0.5, 0.6) is 0 Å². The molecule has 0 spiro atoms. The number of hydrogen-bond donors (Lipinski definition) is 0. The van der Waals surface area contributed by atoms with Crippen molar-refractivity contribution in [3.8, 4) is 67.5 Å². The van der Waals surface area contributed by atoms with E-state index < -0.39 is 0 Å². The summed E-state index contributed by atoms with van der Waals surface area (Å²) >= 11 is 1.78. The third-order valence-electron chi connectivity index (χ3n) is 10.5. The van der Waals surface area contributed by atoms with E-state index in [9.17, 15) is 0 Å². The molecule has 0 fully saturated rings. The third kappa shape index (κ3) is 5.56. The van der Waals surface area contributed by atoms with Crippen molar-refractivity contribution >= 4 is 53.4 Å². The van der Waals surface area contributed by atoms with Crippen LogP contribution in [0.15, 0.2) is 192 Å². The number of thiophene rings is 1. The van der Waals surface area contributed by atoms with Crippen LogP contribution in [0.1, 0.15) is 0 Å². The standard InChI is InChI=1S/C51H31N3OS/c1-4-14-32(15-5-1)35-20-12-21-37(28-35)50-52-49(34-18-8-3-9-19-34)53-51(54-50)42-24-13-23-41-40-27-26-36(31-46(40)56-48(41)42)43-29-38(33-16-6-2-7-17-33)30-44-39-22-10-11-25-45(39)55-47(43)44/h1-31H. The van der Waals surface area contributed by atoms with Gasteiger partial charge in [-0.1, -0.05) is 152 Å². The Labute approximate surface area is 327 Å². The molecule has 0 radical (unpaired) electrons. The fraction of sp³-hybridized carbons (Fsp3) is 0. The number of para-hydroxylation sites is 1. The first-order valence-corrected chi connectivity index (χ1v) is 19.5. The minimum absolute atomic E-state index is 0.639. The SMILES string of the molecule is c1ccc(-c2cccc(-c3nc(-c4ccccc4)nc(-c4cccc5c4sc4cc(-c6cc(-c7ccccc7)cc7c6oc6ccccc67)ccc45)n3)c2)cc1. The second kappa shape index (κ2) is 13.3. The van der Waals surface area contributed by atoms with Gasteiger partial charge in [0, 0.05) is 53.2 Å². The third-order valence-corrected chi connectivity index (χ3v) is 11.7. The highest BCUT2D eigenvalue weighted by Gasteiger charge is 2.19. The molecule has 11 aromatic rings. The van der Waals surface area contributed by atoms with E-state index in [1.807, 2.05) is 36.4 Å². The molecule has 262 valence electrons. The molecular formula is C51H31N3OS. The second-order valence-electron chi connectivity index (χ2n) is 14.0. The quantitative estimate of drug-likeness (QED) is 0.171. The predicted octanol–water partition coefficient (Wildman–Crippen LogP) is 14.1. The lowest BCUT2D eigenvalue weighted by molar-refractivity contribution is 0.670. The molecule has 0 N–H and O–H groups in total. The van der Waals surface area contributed by atoms with Gasteiger partial charge in [0.1, 0.15) is 11.2 Å². The van der Waals surface area contributed by atoms with Gasteiger partial charge in [-0.05, 0) is 64.2 Å². The van der Waals surface area contributed by atoms with Gasteiger partial charge in [-0.25, -0.2) is 15.0 Å². The number of aromatic nitrogens is 3. The number of fused-ring (bicyclic) bond motifs is 6. The Morgan fingerprint density at radius 2 is 0.946 bits per heavy atom. The molecule has 8 aromatic carbocycles. The van der Waals surface area contributed by atoms with Gasteiger partial charge < -0.3 is 4.42 Å². The van der Waals surface area contributed by atoms with Gasteiger partial charge in [0.15, 0.2) is 17.5 Å². The van der Waals surface area contributed by atoms with Crippen LogP contribution in [-0.4, -0.2) is 15.0 Å². The molecule has 0 saturated carbocycles. The van der Waals surface area contributed by atoms with E-state index in [-0.39, 0.29) is 0 Å². The smallest absolute Gasteiger partial charge is 0.165 e. The van der Waals surface area contributed by atoms with Crippen LogP contribution in [0.2, 0.25) is 0 Å². The van der Waals surface area contributed by atoms with Gasteiger partial charge in [0.05, 0.1) is 0 Å². The van der Waals surface area contributed by atoms with E-state index in [1.165, 1.54) is 21.0 Å². The van der Waals surface area contributed by atoms with E-state index in [4.69, 9.17) is 19.4 Å². The summed E-state index contributed by atoms with van der Waals surface area (Å²) < 4.78 is 8.91. The molecule has 3 heterocycles. The Bertz CT molecular complexity index is 3240. The molecule has 56 heavy (non-hydrogen) atoms. The summed E-state index contributed by atoms with van der Waals surface area (Å²) in [6, 6.07) is 65.6. The number of rotatable bonds is 6. The topological polar surface area (TPSA) is 51.8 Å². The van der Waals surface area contributed by atoms with Gasteiger partial charge >= 0.3 is 0 Å². The molecule has 0 saturated heterocycles. The van der Waals surface area contributed by atoms with Crippen molar-refractivity contribution in [3.63, 3.8) is 0 Å². The van der Waals surface area contributed by atoms with Crippen molar-refractivity contribution in [1.82, 2.24) is 15.0 Å². The lowest BCUT2D eigenvalue weighted by Gasteiger charge is -2.10. The monoisotopic (exact) mass is 733 g/mol.